The Kier molecular flexibility index (Phi) is 25.8. The summed E-state index contributed by atoms with van der Waals surface area (Å²) in [6.45, 7) is 7.74. The minimum atomic E-state index is -4.48. The van der Waals surface area contributed by atoms with Crippen LogP contribution in [0.2, 0.25) is 0 Å². The van der Waals surface area contributed by atoms with Crippen molar-refractivity contribution in [1.29, 1.82) is 0 Å². The highest BCUT2D eigenvalue weighted by Crippen LogP contribution is 2.40. The van der Waals surface area contributed by atoms with Crippen LogP contribution in [-0.2, 0) is 63.9 Å². The van der Waals surface area contributed by atoms with Crippen LogP contribution in [0.25, 0.3) is 0 Å². The van der Waals surface area contributed by atoms with Gasteiger partial charge in [-0.25, -0.2) is 4.79 Å². The SMILES string of the molecule is O=C(OCCOCCOCCOCCOCCOCCOCCOCCOCCOCCOC(c1ccccc1)(c1ccccc1)c1ccccc1)c1ccccc1Nc1cccc(C(F)(F)F)c1. The normalized spacial score (nSPS) is 11.8. The van der Waals surface area contributed by atoms with E-state index >= 15 is 0 Å². The molecular weight excluding hydrogens is 900 g/mol. The first-order valence-electron chi connectivity index (χ1n) is 23.1. The number of carbonyl (C=O) groups excluding carboxylic acids is 1. The van der Waals surface area contributed by atoms with E-state index in [-0.39, 0.29) is 24.5 Å². The number of benzene rings is 5. The molecule has 0 saturated carbocycles. The van der Waals surface area contributed by atoms with E-state index in [1.807, 2.05) is 54.6 Å². The van der Waals surface area contributed by atoms with Crippen molar-refractivity contribution < 1.29 is 70.1 Å². The number of rotatable bonds is 37. The van der Waals surface area contributed by atoms with Gasteiger partial charge in [0.2, 0.25) is 0 Å². The van der Waals surface area contributed by atoms with E-state index in [0.29, 0.717) is 125 Å². The van der Waals surface area contributed by atoms with Gasteiger partial charge in [0.05, 0.1) is 142 Å². The first-order chi connectivity index (χ1) is 33.9. The summed E-state index contributed by atoms with van der Waals surface area (Å²) < 4.78 is 101. The maximum absolute atomic E-state index is 13.1. The Balaban J connectivity index is 0.748. The molecule has 0 fully saturated rings. The molecule has 0 saturated heterocycles. The molecule has 0 heterocycles. The molecule has 0 amide bonds. The lowest BCUT2D eigenvalue weighted by molar-refractivity contribution is -0.137. The zero-order chi connectivity index (χ0) is 48.5. The molecule has 0 aliphatic carbocycles. The number of anilines is 2. The number of ether oxygens (including phenoxy) is 11. The molecule has 374 valence electrons. The Morgan fingerprint density at radius 3 is 1.10 bits per heavy atom. The number of nitrogens with one attached hydrogen (secondary N) is 1. The van der Waals surface area contributed by atoms with Gasteiger partial charge >= 0.3 is 12.1 Å². The lowest BCUT2D eigenvalue weighted by Crippen LogP contribution is -2.34. The molecule has 13 nitrogen and oxygen atoms in total. The van der Waals surface area contributed by atoms with Gasteiger partial charge in [0.1, 0.15) is 12.2 Å². The van der Waals surface area contributed by atoms with Gasteiger partial charge in [-0.3, -0.25) is 0 Å². The average Bonchev–Trinajstić information content (AvgIpc) is 3.37. The maximum Gasteiger partial charge on any atom is 0.416 e. The van der Waals surface area contributed by atoms with Crippen molar-refractivity contribution in [1.82, 2.24) is 0 Å². The zero-order valence-corrected chi connectivity index (χ0v) is 39.0. The van der Waals surface area contributed by atoms with Crippen LogP contribution in [0.15, 0.2) is 140 Å². The Bertz CT molecular complexity index is 2000. The van der Waals surface area contributed by atoms with Gasteiger partial charge in [0.15, 0.2) is 0 Å². The molecule has 16 heteroatoms. The molecule has 69 heavy (non-hydrogen) atoms. The highest BCUT2D eigenvalue weighted by atomic mass is 19.4. The molecule has 0 atom stereocenters. The molecule has 0 radical (unpaired) electrons. The summed E-state index contributed by atoms with van der Waals surface area (Å²) in [5.41, 5.74) is 2.28. The van der Waals surface area contributed by atoms with Crippen LogP contribution in [0.4, 0.5) is 24.5 Å². The van der Waals surface area contributed by atoms with Crippen molar-refractivity contribution in [2.45, 2.75) is 11.8 Å². The predicted molar refractivity (Wildman–Crippen MR) is 254 cm³/mol. The second-order valence-electron chi connectivity index (χ2n) is 15.0. The molecule has 5 aromatic rings. The quantitative estimate of drug-likeness (QED) is 0.0232. The largest absolute Gasteiger partial charge is 0.460 e. The monoisotopic (exact) mass is 963 g/mol. The van der Waals surface area contributed by atoms with Crippen molar-refractivity contribution in [3.8, 4) is 0 Å². The van der Waals surface area contributed by atoms with E-state index in [0.717, 1.165) is 28.8 Å². The standard InChI is InChI=1S/C53H64F3NO12/c54-53(55,56)47-19-12-20-48(43-47)57-50-22-11-10-21-49(50)51(58)68-41-39-66-37-35-64-33-31-62-29-27-60-25-23-59-24-26-61-28-30-63-32-34-65-36-38-67-40-42-69-52(44-13-4-1-5-14-44,45-15-6-2-7-16-45)46-17-8-3-9-18-46/h1-22,43,57H,23-42H2. The summed E-state index contributed by atoms with van der Waals surface area (Å²) in [5.74, 6) is -0.632. The third-order valence-corrected chi connectivity index (χ3v) is 10.1. The van der Waals surface area contributed by atoms with Crippen molar-refractivity contribution in [2.24, 2.45) is 0 Å². The van der Waals surface area contributed by atoms with Gasteiger partial charge < -0.3 is 57.4 Å². The van der Waals surface area contributed by atoms with Crippen LogP contribution >= 0.6 is 0 Å². The van der Waals surface area contributed by atoms with Gasteiger partial charge in [0.25, 0.3) is 0 Å². The summed E-state index contributed by atoms with van der Waals surface area (Å²) in [6, 6.07) is 42.0. The number of hydrogen-bond donors (Lipinski definition) is 1. The fourth-order valence-corrected chi connectivity index (χ4v) is 6.85. The molecule has 0 aliphatic heterocycles. The Hall–Kier alpha value is -5.24. The summed E-state index contributed by atoms with van der Waals surface area (Å²) >= 11 is 0. The second-order valence-corrected chi connectivity index (χ2v) is 15.0. The lowest BCUT2D eigenvalue weighted by Gasteiger charge is -2.36. The van der Waals surface area contributed by atoms with Crippen molar-refractivity contribution in [2.75, 3.05) is 137 Å². The highest BCUT2D eigenvalue weighted by molar-refractivity contribution is 5.96. The van der Waals surface area contributed by atoms with Gasteiger partial charge in [-0.15, -0.1) is 0 Å². The molecule has 0 unspecified atom stereocenters. The average molecular weight is 964 g/mol. The molecule has 5 rings (SSSR count). The summed E-state index contributed by atoms with van der Waals surface area (Å²) in [5, 5.41) is 2.86. The first-order valence-corrected chi connectivity index (χ1v) is 23.1. The minimum absolute atomic E-state index is 0.00722. The molecule has 5 aromatic carbocycles. The van der Waals surface area contributed by atoms with Crippen LogP contribution in [0.5, 0.6) is 0 Å². The van der Waals surface area contributed by atoms with Gasteiger partial charge in [-0.1, -0.05) is 109 Å². The van der Waals surface area contributed by atoms with Crippen LogP contribution in [0.3, 0.4) is 0 Å². The van der Waals surface area contributed by atoms with Gasteiger partial charge in [-0.05, 0) is 47.0 Å². The number of hydrogen-bond acceptors (Lipinski definition) is 13. The van der Waals surface area contributed by atoms with E-state index < -0.39 is 23.3 Å². The number of alkyl halides is 3. The molecular formula is C53H64F3NO12. The van der Waals surface area contributed by atoms with Gasteiger partial charge in [-0.2, -0.15) is 13.2 Å². The van der Waals surface area contributed by atoms with E-state index in [1.165, 1.54) is 18.2 Å². The smallest absolute Gasteiger partial charge is 0.416 e. The molecule has 0 spiro atoms. The van der Waals surface area contributed by atoms with Crippen LogP contribution in [0.1, 0.15) is 32.6 Å². The molecule has 0 bridgehead atoms. The third kappa shape index (κ3) is 20.3. The Labute approximate surface area is 403 Å². The first kappa shape index (κ1) is 54.7. The minimum Gasteiger partial charge on any atom is -0.460 e. The van der Waals surface area contributed by atoms with E-state index in [2.05, 4.69) is 41.7 Å². The molecule has 0 aromatic heterocycles. The number of esters is 1. The lowest BCUT2D eigenvalue weighted by atomic mass is 9.80. The topological polar surface area (TPSA) is 131 Å². The van der Waals surface area contributed by atoms with Crippen molar-refractivity contribution in [3.63, 3.8) is 0 Å². The zero-order valence-electron chi connectivity index (χ0n) is 39.0. The fraction of sp³-hybridized carbons (Fsp3) is 0.415. The molecule has 1 N–H and O–H groups in total. The Morgan fingerprint density at radius 2 is 0.710 bits per heavy atom. The number of carbonyl (C=O) groups is 1. The third-order valence-electron chi connectivity index (χ3n) is 10.1. The predicted octanol–water partition coefficient (Wildman–Crippen LogP) is 8.76. The van der Waals surface area contributed by atoms with Crippen molar-refractivity contribution in [3.05, 3.63) is 167 Å². The van der Waals surface area contributed by atoms with Crippen LogP contribution < -0.4 is 5.32 Å². The van der Waals surface area contributed by atoms with Crippen LogP contribution in [-0.4, -0.2) is 138 Å². The van der Waals surface area contributed by atoms with E-state index in [9.17, 15) is 18.0 Å². The van der Waals surface area contributed by atoms with E-state index in [4.69, 9.17) is 52.1 Å². The molecule has 0 aliphatic rings. The van der Waals surface area contributed by atoms with E-state index in [1.54, 1.807) is 18.2 Å². The van der Waals surface area contributed by atoms with Crippen LogP contribution in [0, 0.1) is 0 Å². The number of para-hydroxylation sites is 1. The highest BCUT2D eigenvalue weighted by Gasteiger charge is 2.37. The Morgan fingerprint density at radius 1 is 0.377 bits per heavy atom. The van der Waals surface area contributed by atoms with Gasteiger partial charge in [0, 0.05) is 5.69 Å². The fourth-order valence-electron chi connectivity index (χ4n) is 6.85. The summed E-state index contributed by atoms with van der Waals surface area (Å²) in [7, 11) is 0. The second kappa shape index (κ2) is 32.5. The summed E-state index contributed by atoms with van der Waals surface area (Å²) in [6.07, 6.45) is -4.48. The summed E-state index contributed by atoms with van der Waals surface area (Å²) in [4.78, 5) is 12.6. The number of halogens is 3. The van der Waals surface area contributed by atoms with Crippen molar-refractivity contribution >= 4 is 17.3 Å². The maximum atomic E-state index is 13.1.